The summed E-state index contributed by atoms with van der Waals surface area (Å²) in [7, 11) is 1.66. The first kappa shape index (κ1) is 21.8. The summed E-state index contributed by atoms with van der Waals surface area (Å²) in [5.74, 6) is 1.54. The van der Waals surface area contributed by atoms with Crippen LogP contribution in [0.2, 0.25) is 0 Å². The summed E-state index contributed by atoms with van der Waals surface area (Å²) < 4.78 is 11.7. The average Bonchev–Trinajstić information content (AvgIpc) is 2.87. The number of hydrogen-bond donors (Lipinski definition) is 0. The largest absolute Gasteiger partial charge is 0.495 e. The van der Waals surface area contributed by atoms with Crippen molar-refractivity contribution in [1.82, 2.24) is 15.0 Å². The molecule has 170 valence electrons. The number of nitrogens with zero attached hydrogens (tertiary/aromatic N) is 5. The van der Waals surface area contributed by atoms with Crippen LogP contribution >= 0.6 is 0 Å². The van der Waals surface area contributed by atoms with Crippen LogP contribution in [0.15, 0.2) is 61.1 Å². The van der Waals surface area contributed by atoms with E-state index in [0.29, 0.717) is 17.0 Å². The van der Waals surface area contributed by atoms with Gasteiger partial charge in [-0.2, -0.15) is 5.26 Å². The average molecular weight is 452 g/mol. The summed E-state index contributed by atoms with van der Waals surface area (Å²) in [4.78, 5) is 16.4. The third-order valence-electron chi connectivity index (χ3n) is 6.03. The van der Waals surface area contributed by atoms with E-state index in [0.717, 1.165) is 46.5 Å². The summed E-state index contributed by atoms with van der Waals surface area (Å²) in [6.07, 6.45) is 5.67. The van der Waals surface area contributed by atoms with Crippen molar-refractivity contribution >= 4 is 16.7 Å². The lowest BCUT2D eigenvalue weighted by atomic mass is 9.99. The molecule has 0 radical (unpaired) electrons. The van der Waals surface area contributed by atoms with Gasteiger partial charge in [0, 0.05) is 30.2 Å². The molecule has 0 spiro atoms. The fourth-order valence-corrected chi connectivity index (χ4v) is 4.55. The molecule has 3 heterocycles. The van der Waals surface area contributed by atoms with Crippen molar-refractivity contribution in [3.63, 3.8) is 0 Å². The van der Waals surface area contributed by atoms with Crippen LogP contribution in [0.1, 0.15) is 19.4 Å². The van der Waals surface area contributed by atoms with Gasteiger partial charge in [0.25, 0.3) is 0 Å². The standard InChI is InChI=1S/C27H25N5O2/c1-17-15-32(16-18(2)34-17)25-14-29-24(13-30-25)23-12-31-26-21(5-4-6-22(26)27(23)33-3)20-9-7-19(11-28)8-10-20/h4-10,12-14,17-18H,15-16H2,1-3H3. The number of ether oxygens (including phenoxy) is 2. The van der Waals surface area contributed by atoms with E-state index >= 15 is 0 Å². The van der Waals surface area contributed by atoms with Crippen molar-refractivity contribution in [3.8, 4) is 34.2 Å². The minimum absolute atomic E-state index is 0.153. The zero-order chi connectivity index (χ0) is 23.7. The number of pyridine rings is 1. The van der Waals surface area contributed by atoms with Gasteiger partial charge in [0.2, 0.25) is 0 Å². The Bertz CT molecular complexity index is 1350. The number of methoxy groups -OCH3 is 1. The van der Waals surface area contributed by atoms with Crippen LogP contribution in [0.25, 0.3) is 33.3 Å². The van der Waals surface area contributed by atoms with Gasteiger partial charge >= 0.3 is 0 Å². The van der Waals surface area contributed by atoms with Crippen LogP contribution in [-0.4, -0.2) is 47.4 Å². The molecule has 7 nitrogen and oxygen atoms in total. The Hall–Kier alpha value is -4.02. The zero-order valence-electron chi connectivity index (χ0n) is 19.4. The summed E-state index contributed by atoms with van der Waals surface area (Å²) in [6, 6.07) is 15.7. The monoisotopic (exact) mass is 451 g/mol. The van der Waals surface area contributed by atoms with Crippen molar-refractivity contribution in [3.05, 3.63) is 66.6 Å². The smallest absolute Gasteiger partial charge is 0.147 e. The zero-order valence-corrected chi connectivity index (χ0v) is 19.4. The lowest BCUT2D eigenvalue weighted by Crippen LogP contribution is -2.45. The minimum Gasteiger partial charge on any atom is -0.495 e. The summed E-state index contributed by atoms with van der Waals surface area (Å²) >= 11 is 0. The molecule has 0 saturated carbocycles. The first-order chi connectivity index (χ1) is 16.6. The molecule has 1 aliphatic heterocycles. The maximum atomic E-state index is 9.09. The number of hydrogen-bond acceptors (Lipinski definition) is 7. The maximum Gasteiger partial charge on any atom is 0.147 e. The second kappa shape index (κ2) is 9.08. The molecule has 1 fully saturated rings. The molecule has 1 saturated heterocycles. The molecule has 2 aromatic heterocycles. The lowest BCUT2D eigenvalue weighted by molar-refractivity contribution is -0.00547. The molecule has 0 N–H and O–H groups in total. The Morgan fingerprint density at radius 1 is 0.941 bits per heavy atom. The third-order valence-corrected chi connectivity index (χ3v) is 6.03. The van der Waals surface area contributed by atoms with Gasteiger partial charge in [0.15, 0.2) is 0 Å². The van der Waals surface area contributed by atoms with E-state index in [9.17, 15) is 0 Å². The van der Waals surface area contributed by atoms with E-state index < -0.39 is 0 Å². The molecular weight excluding hydrogens is 426 g/mol. The number of nitriles is 1. The Kier molecular flexibility index (Phi) is 5.83. The van der Waals surface area contributed by atoms with E-state index in [-0.39, 0.29) is 12.2 Å². The van der Waals surface area contributed by atoms with Gasteiger partial charge in [-0.25, -0.2) is 4.98 Å². The Morgan fingerprint density at radius 3 is 2.35 bits per heavy atom. The van der Waals surface area contributed by atoms with Gasteiger partial charge in [0.1, 0.15) is 11.6 Å². The first-order valence-corrected chi connectivity index (χ1v) is 11.3. The molecule has 2 atom stereocenters. The van der Waals surface area contributed by atoms with Gasteiger partial charge in [0.05, 0.1) is 60.1 Å². The van der Waals surface area contributed by atoms with E-state index in [1.54, 1.807) is 25.7 Å². The van der Waals surface area contributed by atoms with Crippen LogP contribution in [0.5, 0.6) is 5.75 Å². The fraction of sp³-hybridized carbons (Fsp3) is 0.259. The number of para-hydroxylation sites is 1. The fourth-order valence-electron chi connectivity index (χ4n) is 4.55. The molecule has 2 unspecified atom stereocenters. The summed E-state index contributed by atoms with van der Waals surface area (Å²) in [5, 5.41) is 9.99. The molecule has 1 aliphatic rings. The predicted molar refractivity (Wildman–Crippen MR) is 132 cm³/mol. The van der Waals surface area contributed by atoms with E-state index in [1.807, 2.05) is 42.5 Å². The second-order valence-corrected chi connectivity index (χ2v) is 8.52. The minimum atomic E-state index is 0.153. The summed E-state index contributed by atoms with van der Waals surface area (Å²) in [6.45, 7) is 5.72. The SMILES string of the molecule is COc1c(-c2cnc(N3CC(C)OC(C)C3)cn2)cnc2c(-c3ccc(C#N)cc3)cccc12. The van der Waals surface area contributed by atoms with Crippen molar-refractivity contribution in [1.29, 1.82) is 5.26 Å². The first-order valence-electron chi connectivity index (χ1n) is 11.3. The molecule has 0 aliphatic carbocycles. The van der Waals surface area contributed by atoms with Gasteiger partial charge < -0.3 is 14.4 Å². The van der Waals surface area contributed by atoms with Crippen LogP contribution < -0.4 is 9.64 Å². The molecular formula is C27H25N5O2. The molecule has 34 heavy (non-hydrogen) atoms. The maximum absolute atomic E-state index is 9.09. The number of anilines is 1. The van der Waals surface area contributed by atoms with Crippen LogP contribution in [-0.2, 0) is 4.74 Å². The number of fused-ring (bicyclic) bond motifs is 1. The second-order valence-electron chi connectivity index (χ2n) is 8.52. The van der Waals surface area contributed by atoms with Crippen LogP contribution in [0, 0.1) is 11.3 Å². The van der Waals surface area contributed by atoms with Crippen molar-refractivity contribution < 1.29 is 9.47 Å². The quantitative estimate of drug-likeness (QED) is 0.438. The molecule has 2 aromatic carbocycles. The Morgan fingerprint density at radius 2 is 1.71 bits per heavy atom. The topological polar surface area (TPSA) is 84.2 Å². The summed E-state index contributed by atoms with van der Waals surface area (Å²) in [5.41, 5.74) is 4.91. The lowest BCUT2D eigenvalue weighted by Gasteiger charge is -2.35. The van der Waals surface area contributed by atoms with Crippen molar-refractivity contribution in [2.24, 2.45) is 0 Å². The third kappa shape index (κ3) is 4.04. The van der Waals surface area contributed by atoms with E-state index in [2.05, 4.69) is 29.8 Å². The highest BCUT2D eigenvalue weighted by atomic mass is 16.5. The van der Waals surface area contributed by atoms with Crippen molar-refractivity contribution in [2.75, 3.05) is 25.1 Å². The van der Waals surface area contributed by atoms with Crippen LogP contribution in [0.3, 0.4) is 0 Å². The van der Waals surface area contributed by atoms with E-state index in [4.69, 9.17) is 24.7 Å². The normalized spacial score (nSPS) is 18.0. The van der Waals surface area contributed by atoms with Gasteiger partial charge in [-0.3, -0.25) is 9.97 Å². The highest BCUT2D eigenvalue weighted by Crippen LogP contribution is 2.38. The molecule has 5 rings (SSSR count). The number of aromatic nitrogens is 3. The molecule has 4 aromatic rings. The van der Waals surface area contributed by atoms with Gasteiger partial charge in [-0.15, -0.1) is 0 Å². The van der Waals surface area contributed by atoms with E-state index in [1.165, 1.54) is 0 Å². The highest BCUT2D eigenvalue weighted by Gasteiger charge is 2.24. The van der Waals surface area contributed by atoms with Gasteiger partial charge in [-0.1, -0.05) is 24.3 Å². The van der Waals surface area contributed by atoms with Gasteiger partial charge in [-0.05, 0) is 37.6 Å². The number of benzene rings is 2. The number of morpholine rings is 1. The van der Waals surface area contributed by atoms with Crippen LogP contribution in [0.4, 0.5) is 5.82 Å². The Balaban J connectivity index is 1.52. The predicted octanol–water partition coefficient (Wildman–Crippen LogP) is 4.85. The molecule has 0 bridgehead atoms. The molecule has 0 amide bonds. The highest BCUT2D eigenvalue weighted by molar-refractivity contribution is 6.00. The number of rotatable bonds is 4. The Labute approximate surface area is 198 Å². The molecule has 7 heteroatoms. The van der Waals surface area contributed by atoms with Crippen molar-refractivity contribution in [2.45, 2.75) is 26.1 Å².